The molecule has 7 nitrogen and oxygen atoms in total. The third kappa shape index (κ3) is 5.46. The van der Waals surface area contributed by atoms with Gasteiger partial charge in [-0.3, -0.25) is 4.79 Å². The molecule has 0 radical (unpaired) electrons. The van der Waals surface area contributed by atoms with E-state index in [1.165, 1.54) is 4.57 Å². The number of ether oxygens (including phenoxy) is 1. The lowest BCUT2D eigenvalue weighted by molar-refractivity contribution is 0.0920. The number of aromatic nitrogens is 1. The van der Waals surface area contributed by atoms with Crippen LogP contribution < -0.4 is 16.8 Å². The molecule has 1 heterocycles. The first-order valence-electron chi connectivity index (χ1n) is 9.69. The van der Waals surface area contributed by atoms with Crippen molar-refractivity contribution in [2.75, 3.05) is 11.1 Å². The second kappa shape index (κ2) is 10.5. The molecule has 8 heteroatoms. The lowest BCUT2D eigenvalue weighted by Gasteiger charge is -2.08. The molecule has 0 aliphatic carbocycles. The first kappa shape index (κ1) is 22.9. The highest BCUT2D eigenvalue weighted by molar-refractivity contribution is 6.05. The van der Waals surface area contributed by atoms with E-state index in [0.29, 0.717) is 35.0 Å². The Balaban J connectivity index is 0.00000289. The molecule has 0 bridgehead atoms. The van der Waals surface area contributed by atoms with Crippen molar-refractivity contribution in [3.8, 4) is 5.69 Å². The van der Waals surface area contributed by atoms with Crippen LogP contribution in [0.1, 0.15) is 21.7 Å². The number of nitrogens with zero attached hydrogens (tertiary/aromatic N) is 1. The van der Waals surface area contributed by atoms with Gasteiger partial charge in [0.1, 0.15) is 6.61 Å². The zero-order chi connectivity index (χ0) is 21.6. The van der Waals surface area contributed by atoms with Gasteiger partial charge >= 0.3 is 5.76 Å². The number of carbonyl (C=O) groups is 1. The average Bonchev–Trinajstić information content (AvgIpc) is 3.16. The van der Waals surface area contributed by atoms with Crippen LogP contribution in [-0.4, -0.2) is 10.5 Å². The fourth-order valence-electron chi connectivity index (χ4n) is 3.05. The first-order valence-corrected chi connectivity index (χ1v) is 9.69. The summed E-state index contributed by atoms with van der Waals surface area (Å²) in [5.74, 6) is -0.395. The molecule has 1 amide bonds. The second-order valence-corrected chi connectivity index (χ2v) is 6.90. The number of benzene rings is 3. The maximum absolute atomic E-state index is 12.5. The lowest BCUT2D eigenvalue weighted by atomic mass is 10.2. The Morgan fingerprint density at radius 3 is 2.34 bits per heavy atom. The highest BCUT2D eigenvalue weighted by atomic mass is 35.5. The predicted octanol–water partition coefficient (Wildman–Crippen LogP) is 4.40. The molecular formula is C24H22ClN3O4. The van der Waals surface area contributed by atoms with Crippen molar-refractivity contribution in [2.24, 2.45) is 0 Å². The molecule has 0 aliphatic heterocycles. The summed E-state index contributed by atoms with van der Waals surface area (Å²) in [5.41, 5.74) is 8.95. The number of carbonyl (C=O) groups excluding carboxylic acids is 1. The van der Waals surface area contributed by atoms with Gasteiger partial charge < -0.3 is 20.2 Å². The number of para-hydroxylation sites is 2. The normalized spacial score (nSPS) is 10.4. The molecule has 3 N–H and O–H groups in total. The summed E-state index contributed by atoms with van der Waals surface area (Å²) in [7, 11) is 0. The predicted molar refractivity (Wildman–Crippen MR) is 125 cm³/mol. The lowest BCUT2D eigenvalue weighted by Crippen LogP contribution is -2.14. The molecule has 0 atom stereocenters. The Bertz CT molecular complexity index is 1230. The number of halogens is 1. The van der Waals surface area contributed by atoms with Gasteiger partial charge in [-0.15, -0.1) is 12.4 Å². The van der Waals surface area contributed by atoms with Crippen molar-refractivity contribution in [3.63, 3.8) is 0 Å². The zero-order valence-electron chi connectivity index (χ0n) is 17.1. The van der Waals surface area contributed by atoms with Crippen molar-refractivity contribution >= 4 is 29.7 Å². The van der Waals surface area contributed by atoms with Gasteiger partial charge in [0.2, 0.25) is 0 Å². The van der Waals surface area contributed by atoms with Crippen molar-refractivity contribution in [1.82, 2.24) is 4.57 Å². The van der Waals surface area contributed by atoms with Gasteiger partial charge in [-0.25, -0.2) is 9.36 Å². The van der Waals surface area contributed by atoms with Gasteiger partial charge in [-0.2, -0.15) is 0 Å². The van der Waals surface area contributed by atoms with E-state index in [1.54, 1.807) is 54.7 Å². The molecule has 0 fully saturated rings. The van der Waals surface area contributed by atoms with Gasteiger partial charge in [0.15, 0.2) is 5.76 Å². The summed E-state index contributed by atoms with van der Waals surface area (Å²) >= 11 is 0. The number of oxazole rings is 1. The van der Waals surface area contributed by atoms with Crippen LogP contribution in [0.2, 0.25) is 0 Å². The van der Waals surface area contributed by atoms with E-state index < -0.39 is 5.76 Å². The van der Waals surface area contributed by atoms with E-state index in [9.17, 15) is 9.59 Å². The molecule has 0 saturated carbocycles. The number of anilines is 2. The molecule has 32 heavy (non-hydrogen) atoms. The van der Waals surface area contributed by atoms with Gasteiger partial charge in [-0.1, -0.05) is 42.5 Å². The Labute approximate surface area is 190 Å². The van der Waals surface area contributed by atoms with Crippen LogP contribution in [0, 0.1) is 0 Å². The van der Waals surface area contributed by atoms with Crippen LogP contribution in [0.4, 0.5) is 11.4 Å². The molecule has 4 aromatic rings. The Hall–Kier alpha value is -3.81. The molecular weight excluding hydrogens is 430 g/mol. The molecule has 0 spiro atoms. The number of rotatable bonds is 7. The van der Waals surface area contributed by atoms with Gasteiger partial charge in [0, 0.05) is 5.56 Å². The summed E-state index contributed by atoms with van der Waals surface area (Å²) in [5, 5.41) is 2.77. The minimum Gasteiger partial charge on any atom is -0.410 e. The van der Waals surface area contributed by atoms with E-state index >= 15 is 0 Å². The quantitative estimate of drug-likeness (QED) is 0.405. The third-order valence-corrected chi connectivity index (χ3v) is 4.66. The Kier molecular flexibility index (Phi) is 7.49. The third-order valence-electron chi connectivity index (χ3n) is 4.66. The highest BCUT2D eigenvalue weighted by Gasteiger charge is 2.11. The summed E-state index contributed by atoms with van der Waals surface area (Å²) < 4.78 is 12.3. The van der Waals surface area contributed by atoms with Crippen LogP contribution in [0.3, 0.4) is 0 Å². The fourth-order valence-corrected chi connectivity index (χ4v) is 3.05. The van der Waals surface area contributed by atoms with Crippen LogP contribution in [-0.2, 0) is 18.0 Å². The summed E-state index contributed by atoms with van der Waals surface area (Å²) in [6, 6.07) is 23.4. The number of amides is 1. The first-order chi connectivity index (χ1) is 15.1. The van der Waals surface area contributed by atoms with Gasteiger partial charge in [0.05, 0.1) is 29.9 Å². The molecule has 3 aromatic carbocycles. The van der Waals surface area contributed by atoms with Gasteiger partial charge in [0.25, 0.3) is 5.91 Å². The number of nitrogens with two attached hydrogens (primary N) is 1. The molecule has 164 valence electrons. The van der Waals surface area contributed by atoms with Crippen molar-refractivity contribution < 1.29 is 13.9 Å². The van der Waals surface area contributed by atoms with Crippen LogP contribution in [0.25, 0.3) is 5.69 Å². The number of hydrogen-bond acceptors (Lipinski definition) is 5. The zero-order valence-corrected chi connectivity index (χ0v) is 17.9. The van der Waals surface area contributed by atoms with E-state index in [0.717, 1.165) is 5.56 Å². The highest BCUT2D eigenvalue weighted by Crippen LogP contribution is 2.18. The minimum absolute atomic E-state index is 0. The van der Waals surface area contributed by atoms with E-state index in [4.69, 9.17) is 14.9 Å². The largest absolute Gasteiger partial charge is 0.423 e. The van der Waals surface area contributed by atoms with Gasteiger partial charge in [-0.05, 0) is 42.0 Å². The molecule has 0 aliphatic rings. The van der Waals surface area contributed by atoms with E-state index in [2.05, 4.69) is 5.32 Å². The Morgan fingerprint density at radius 2 is 1.62 bits per heavy atom. The van der Waals surface area contributed by atoms with Crippen LogP contribution in [0.5, 0.6) is 0 Å². The Morgan fingerprint density at radius 1 is 0.938 bits per heavy atom. The van der Waals surface area contributed by atoms with Crippen LogP contribution >= 0.6 is 12.4 Å². The van der Waals surface area contributed by atoms with Crippen molar-refractivity contribution in [3.05, 3.63) is 112 Å². The number of nitrogens with one attached hydrogen (secondary N) is 1. The minimum atomic E-state index is -0.521. The second-order valence-electron chi connectivity index (χ2n) is 6.90. The molecule has 0 saturated heterocycles. The number of hydrogen-bond donors (Lipinski definition) is 2. The summed E-state index contributed by atoms with van der Waals surface area (Å²) in [4.78, 5) is 24.7. The topological polar surface area (TPSA) is 99.5 Å². The molecule has 0 unspecified atom stereocenters. The monoisotopic (exact) mass is 451 g/mol. The van der Waals surface area contributed by atoms with Crippen molar-refractivity contribution in [1.29, 1.82) is 0 Å². The SMILES string of the molecule is Cl.Nc1ccccc1NC(=O)c1ccc(-n2cc(COCc3ccccc3)oc2=O)cc1. The molecule has 1 aromatic heterocycles. The summed E-state index contributed by atoms with van der Waals surface area (Å²) in [6.45, 7) is 0.599. The maximum Gasteiger partial charge on any atom is 0.423 e. The maximum atomic E-state index is 12.5. The molecule has 4 rings (SSSR count). The van der Waals surface area contributed by atoms with Crippen molar-refractivity contribution in [2.45, 2.75) is 13.2 Å². The van der Waals surface area contributed by atoms with E-state index in [1.807, 2.05) is 30.3 Å². The average molecular weight is 452 g/mol. The smallest absolute Gasteiger partial charge is 0.410 e. The summed E-state index contributed by atoms with van der Waals surface area (Å²) in [6.07, 6.45) is 1.59. The fraction of sp³-hybridized carbons (Fsp3) is 0.0833. The van der Waals surface area contributed by atoms with E-state index in [-0.39, 0.29) is 24.9 Å². The number of nitrogen functional groups attached to an aromatic ring is 1. The van der Waals surface area contributed by atoms with Crippen LogP contribution in [0.15, 0.2) is 94.3 Å². The standard InChI is InChI=1S/C24H21N3O4.ClH/c25-21-8-4-5-9-22(21)26-23(28)18-10-12-19(13-11-18)27-14-20(31-24(27)29)16-30-15-17-6-2-1-3-7-17;/h1-14H,15-16,25H2,(H,26,28);1H.